The number of anilines is 1. The third kappa shape index (κ3) is 4.61. The summed E-state index contributed by atoms with van der Waals surface area (Å²) < 4.78 is 40.2. The number of imide groups is 1. The van der Waals surface area contributed by atoms with Gasteiger partial charge in [0.25, 0.3) is 11.8 Å². The number of halogens is 6. The van der Waals surface area contributed by atoms with Gasteiger partial charge in [-0.1, -0.05) is 34.9 Å². The van der Waals surface area contributed by atoms with Crippen molar-refractivity contribution in [1.82, 2.24) is 9.99 Å². The van der Waals surface area contributed by atoms with Gasteiger partial charge in [-0.05, 0) is 65.0 Å². The van der Waals surface area contributed by atoms with E-state index in [-0.39, 0.29) is 49.8 Å². The van der Waals surface area contributed by atoms with E-state index in [1.807, 2.05) is 0 Å². The van der Waals surface area contributed by atoms with Gasteiger partial charge in [-0.2, -0.15) is 18.2 Å². The van der Waals surface area contributed by atoms with E-state index in [1.54, 1.807) is 6.08 Å². The number of ketones is 2. The normalized spacial score (nSPS) is 25.3. The van der Waals surface area contributed by atoms with Crippen LogP contribution in [0.3, 0.4) is 0 Å². The van der Waals surface area contributed by atoms with E-state index in [4.69, 9.17) is 23.2 Å². The molecule has 4 atom stereocenters. The number of alkyl halides is 3. The minimum absolute atomic E-state index is 0.0329. The highest BCUT2D eigenvalue weighted by molar-refractivity contribution is 9.12. The number of hydrogen-bond acceptors (Lipinski definition) is 7. The maximum absolute atomic E-state index is 14.0. The summed E-state index contributed by atoms with van der Waals surface area (Å²) in [6.45, 7) is 0. The van der Waals surface area contributed by atoms with Crippen LogP contribution in [0.1, 0.15) is 30.0 Å². The highest BCUT2D eigenvalue weighted by atomic mass is 79.9. The smallest absolute Gasteiger partial charge is 0.433 e. The Morgan fingerprint density at radius 1 is 1.07 bits per heavy atom. The molecule has 4 aliphatic rings. The largest absolute Gasteiger partial charge is 0.508 e. The molecule has 14 heteroatoms. The summed E-state index contributed by atoms with van der Waals surface area (Å²) in [5, 5.41) is 12.5. The van der Waals surface area contributed by atoms with Crippen LogP contribution in [0.2, 0.25) is 10.0 Å². The molecule has 43 heavy (non-hydrogen) atoms. The van der Waals surface area contributed by atoms with Gasteiger partial charge in [0.15, 0.2) is 17.4 Å². The lowest BCUT2D eigenvalue weighted by atomic mass is 9.59. The molecule has 1 saturated heterocycles. The maximum Gasteiger partial charge on any atom is 0.433 e. The van der Waals surface area contributed by atoms with Gasteiger partial charge in [-0.3, -0.25) is 24.2 Å². The third-order valence-electron chi connectivity index (χ3n) is 8.33. The molecule has 6 rings (SSSR count). The highest BCUT2D eigenvalue weighted by Crippen LogP contribution is 2.56. The number of benzene rings is 1. The molecule has 0 saturated carbocycles. The molecule has 8 nitrogen and oxygen atoms in total. The Balaban J connectivity index is 1.45. The van der Waals surface area contributed by atoms with E-state index in [1.165, 1.54) is 25.2 Å². The number of phenolic OH excluding ortho intramolecular Hbond substituents is 1. The molecular weight excluding hydrogens is 678 g/mol. The standard InChI is InChI=1S/C29H19BrCl2F3N3O5/c1-37(26-18(32)5-7-21(36-26)29(33,34)35)38-27(42)13-4-3-12-14(23(13)28(38)43)9-16-24(20(40)10-17(30)25(16)41)22(12)15-8-11(31)2-6-19(15)39/h2-3,5-8,10,13-14,22-23,39H,4,9H2,1H3. The lowest BCUT2D eigenvalue weighted by Crippen LogP contribution is -2.46. The Bertz CT molecular complexity index is 1750. The molecule has 2 heterocycles. The van der Waals surface area contributed by atoms with Crippen LogP contribution in [0.4, 0.5) is 19.0 Å². The fourth-order valence-electron chi connectivity index (χ4n) is 6.51. The molecule has 0 spiro atoms. The summed E-state index contributed by atoms with van der Waals surface area (Å²) in [5.74, 6) is -6.54. The second-order valence-electron chi connectivity index (χ2n) is 10.6. The molecule has 4 unspecified atom stereocenters. The molecule has 1 fully saturated rings. The van der Waals surface area contributed by atoms with Gasteiger partial charge in [0.1, 0.15) is 11.4 Å². The fourth-order valence-corrected chi connectivity index (χ4v) is 7.36. The number of nitrogens with zero attached hydrogens (tertiary/aromatic N) is 3. The van der Waals surface area contributed by atoms with Crippen molar-refractivity contribution in [1.29, 1.82) is 0 Å². The first-order valence-electron chi connectivity index (χ1n) is 12.9. The Hall–Kier alpha value is -3.48. The zero-order valence-corrected chi connectivity index (χ0v) is 25.1. The molecule has 1 N–H and O–H groups in total. The van der Waals surface area contributed by atoms with Crippen molar-refractivity contribution >= 4 is 68.3 Å². The number of pyridine rings is 1. The summed E-state index contributed by atoms with van der Waals surface area (Å²) in [4.78, 5) is 57.9. The molecule has 1 aromatic heterocycles. The van der Waals surface area contributed by atoms with Crippen LogP contribution in [0.25, 0.3) is 0 Å². The SMILES string of the molecule is CN(c1nc(C(F)(F)F)ccc1Cl)N1C(=O)C2CC=C3C(c4cc(Cl)ccc4O)C4=C(CC3C2C1=O)C(=O)C(Br)=CC4=O. The van der Waals surface area contributed by atoms with Crippen LogP contribution in [-0.4, -0.2) is 45.5 Å². The first-order chi connectivity index (χ1) is 20.2. The van der Waals surface area contributed by atoms with E-state index < -0.39 is 64.7 Å². The second-order valence-corrected chi connectivity index (χ2v) is 12.3. The van der Waals surface area contributed by atoms with E-state index in [0.29, 0.717) is 11.6 Å². The summed E-state index contributed by atoms with van der Waals surface area (Å²) in [5.41, 5.74) is -0.147. The molecule has 1 aliphatic heterocycles. The van der Waals surface area contributed by atoms with Gasteiger partial charge in [0.2, 0.25) is 0 Å². The monoisotopic (exact) mass is 695 g/mol. The van der Waals surface area contributed by atoms with Crippen molar-refractivity contribution in [2.45, 2.75) is 24.9 Å². The minimum atomic E-state index is -4.80. The van der Waals surface area contributed by atoms with Gasteiger partial charge < -0.3 is 5.11 Å². The number of allylic oxidation sites excluding steroid dienone is 6. The predicted octanol–water partition coefficient (Wildman–Crippen LogP) is 5.93. The highest BCUT2D eigenvalue weighted by Gasteiger charge is 2.58. The van der Waals surface area contributed by atoms with Crippen LogP contribution < -0.4 is 5.01 Å². The summed E-state index contributed by atoms with van der Waals surface area (Å²) in [6, 6.07) is 5.98. The maximum atomic E-state index is 14.0. The minimum Gasteiger partial charge on any atom is -0.508 e. The van der Waals surface area contributed by atoms with E-state index in [9.17, 15) is 37.5 Å². The number of hydrogen-bond donors (Lipinski definition) is 1. The number of Topliss-reactive ketones (excluding diaryl/α,β-unsaturated/α-hetero) is 1. The lowest BCUT2D eigenvalue weighted by molar-refractivity contribution is -0.141. The third-order valence-corrected chi connectivity index (χ3v) is 9.45. The first kappa shape index (κ1) is 29.6. The Morgan fingerprint density at radius 3 is 2.49 bits per heavy atom. The molecule has 2 amide bonds. The van der Waals surface area contributed by atoms with Crippen LogP contribution in [0.5, 0.6) is 5.75 Å². The van der Waals surface area contributed by atoms with E-state index >= 15 is 0 Å². The number of phenols is 1. The van der Waals surface area contributed by atoms with Crippen molar-refractivity contribution in [3.63, 3.8) is 0 Å². The number of carbonyl (C=O) groups excluding carboxylic acids is 4. The van der Waals surface area contributed by atoms with Gasteiger partial charge >= 0.3 is 6.18 Å². The second kappa shape index (κ2) is 10.3. The molecule has 0 radical (unpaired) electrons. The summed E-state index contributed by atoms with van der Waals surface area (Å²) >= 11 is 15.6. The van der Waals surface area contributed by atoms with Crippen LogP contribution in [-0.2, 0) is 25.4 Å². The summed E-state index contributed by atoms with van der Waals surface area (Å²) in [7, 11) is 1.22. The number of aromatic hydroxyl groups is 1. The average Bonchev–Trinajstić information content (AvgIpc) is 3.20. The van der Waals surface area contributed by atoms with Crippen molar-refractivity contribution in [2.24, 2.45) is 17.8 Å². The fraction of sp³-hybridized carbons (Fsp3) is 0.276. The predicted molar refractivity (Wildman–Crippen MR) is 152 cm³/mol. The van der Waals surface area contributed by atoms with Gasteiger partial charge in [0, 0.05) is 40.8 Å². The topological polar surface area (TPSA) is 108 Å². The molecule has 1 aromatic carbocycles. The summed E-state index contributed by atoms with van der Waals surface area (Å²) in [6.07, 6.45) is -1.89. The van der Waals surface area contributed by atoms with E-state index in [2.05, 4.69) is 20.9 Å². The van der Waals surface area contributed by atoms with Crippen LogP contribution >= 0.6 is 39.1 Å². The number of carbonyl (C=O) groups is 4. The number of fused-ring (bicyclic) bond motifs is 3. The first-order valence-corrected chi connectivity index (χ1v) is 14.5. The van der Waals surface area contributed by atoms with Crippen molar-refractivity contribution < 1.29 is 37.5 Å². The lowest BCUT2D eigenvalue weighted by Gasteiger charge is -2.42. The Morgan fingerprint density at radius 2 is 1.79 bits per heavy atom. The number of amides is 2. The molecule has 0 bridgehead atoms. The molecule has 3 aliphatic carbocycles. The van der Waals surface area contributed by atoms with E-state index in [0.717, 1.165) is 22.2 Å². The van der Waals surface area contributed by atoms with Crippen LogP contribution in [0, 0.1) is 17.8 Å². The van der Waals surface area contributed by atoms with Crippen molar-refractivity contribution in [3.8, 4) is 5.75 Å². The van der Waals surface area contributed by atoms with Gasteiger partial charge in [-0.15, -0.1) is 0 Å². The van der Waals surface area contributed by atoms with Crippen molar-refractivity contribution in [2.75, 3.05) is 12.1 Å². The van der Waals surface area contributed by atoms with Crippen LogP contribution in [0.15, 0.2) is 63.7 Å². The quantitative estimate of drug-likeness (QED) is 0.241. The zero-order chi connectivity index (χ0) is 31.1. The van der Waals surface area contributed by atoms with Gasteiger partial charge in [-0.25, -0.2) is 4.98 Å². The Labute approximate surface area is 260 Å². The number of hydrazine groups is 1. The molecular formula is C29H19BrCl2F3N3O5. The zero-order valence-electron chi connectivity index (χ0n) is 22.0. The number of aromatic nitrogens is 1. The van der Waals surface area contributed by atoms with Crippen molar-refractivity contribution in [3.05, 3.63) is 85.0 Å². The molecule has 222 valence electrons. The van der Waals surface area contributed by atoms with Gasteiger partial charge in [0.05, 0.1) is 21.3 Å². The number of rotatable bonds is 3. The average molecular weight is 697 g/mol. The Kier molecular flexibility index (Phi) is 7.09. The molecule has 2 aromatic rings.